The zero-order chi connectivity index (χ0) is 16.5. The number of likely N-dealkylation sites (tertiary alicyclic amines) is 1. The van der Waals surface area contributed by atoms with Crippen LogP contribution in [0, 0.1) is 5.92 Å². The SMILES string of the molecule is C[C@H]1CCCN1CC1C[C@@H]1c1ccc(NC(=O)c2ncn[nH]2)cc1. The normalized spacial score (nSPS) is 26.5. The fraction of sp³-hybridized carbons (Fsp3) is 0.500. The van der Waals surface area contributed by atoms with Gasteiger partial charge in [0.1, 0.15) is 6.33 Å². The predicted molar refractivity (Wildman–Crippen MR) is 91.9 cm³/mol. The maximum absolute atomic E-state index is 11.9. The molecule has 1 amide bonds. The van der Waals surface area contributed by atoms with Crippen molar-refractivity contribution in [3.05, 3.63) is 42.0 Å². The van der Waals surface area contributed by atoms with Crippen molar-refractivity contribution in [3.8, 4) is 0 Å². The highest BCUT2D eigenvalue weighted by molar-refractivity contribution is 6.01. The first-order valence-electron chi connectivity index (χ1n) is 8.71. The van der Waals surface area contributed by atoms with Gasteiger partial charge in [0.05, 0.1) is 0 Å². The van der Waals surface area contributed by atoms with Crippen LogP contribution in [0.25, 0.3) is 0 Å². The monoisotopic (exact) mass is 325 g/mol. The van der Waals surface area contributed by atoms with E-state index in [1.54, 1.807) is 0 Å². The first-order valence-corrected chi connectivity index (χ1v) is 8.71. The molecule has 3 atom stereocenters. The van der Waals surface area contributed by atoms with Gasteiger partial charge < -0.3 is 10.2 Å². The summed E-state index contributed by atoms with van der Waals surface area (Å²) in [6.45, 7) is 4.84. The lowest BCUT2D eigenvalue weighted by atomic mass is 10.1. The molecule has 1 saturated carbocycles. The Bertz CT molecular complexity index is 697. The van der Waals surface area contributed by atoms with E-state index in [1.165, 1.54) is 44.2 Å². The minimum atomic E-state index is -0.271. The highest BCUT2D eigenvalue weighted by atomic mass is 16.2. The van der Waals surface area contributed by atoms with Gasteiger partial charge in [-0.05, 0) is 62.3 Å². The lowest BCUT2D eigenvalue weighted by molar-refractivity contribution is 0.101. The molecule has 0 radical (unpaired) electrons. The molecule has 1 saturated heterocycles. The molecular formula is C18H23N5O. The van der Waals surface area contributed by atoms with E-state index in [9.17, 15) is 4.79 Å². The first-order chi connectivity index (χ1) is 11.7. The number of anilines is 1. The molecule has 1 aromatic heterocycles. The largest absolute Gasteiger partial charge is 0.319 e. The number of amides is 1. The van der Waals surface area contributed by atoms with Gasteiger partial charge in [0.2, 0.25) is 5.82 Å². The number of nitrogens with one attached hydrogen (secondary N) is 2. The number of hydrogen-bond acceptors (Lipinski definition) is 4. The van der Waals surface area contributed by atoms with E-state index < -0.39 is 0 Å². The van der Waals surface area contributed by atoms with Crippen LogP contribution in [-0.2, 0) is 0 Å². The number of aromatic amines is 1. The van der Waals surface area contributed by atoms with E-state index in [4.69, 9.17) is 0 Å². The topological polar surface area (TPSA) is 73.9 Å². The maximum atomic E-state index is 11.9. The molecule has 0 bridgehead atoms. The molecule has 2 aliphatic rings. The molecule has 0 spiro atoms. The Hall–Kier alpha value is -2.21. The summed E-state index contributed by atoms with van der Waals surface area (Å²) in [5.74, 6) is 1.42. The second-order valence-corrected chi connectivity index (χ2v) is 7.00. The Morgan fingerprint density at radius 1 is 1.38 bits per heavy atom. The minimum absolute atomic E-state index is 0.223. The molecule has 4 rings (SSSR count). The molecule has 1 unspecified atom stereocenters. The lowest BCUT2D eigenvalue weighted by Crippen LogP contribution is -2.29. The summed E-state index contributed by atoms with van der Waals surface area (Å²) < 4.78 is 0. The van der Waals surface area contributed by atoms with Gasteiger partial charge in [-0.3, -0.25) is 9.89 Å². The summed E-state index contributed by atoms with van der Waals surface area (Å²) >= 11 is 0. The van der Waals surface area contributed by atoms with Gasteiger partial charge in [0, 0.05) is 18.3 Å². The van der Waals surface area contributed by atoms with Crippen molar-refractivity contribution in [1.82, 2.24) is 20.1 Å². The van der Waals surface area contributed by atoms with E-state index in [1.807, 2.05) is 12.1 Å². The molecule has 6 heteroatoms. The van der Waals surface area contributed by atoms with Gasteiger partial charge in [-0.15, -0.1) is 0 Å². The van der Waals surface area contributed by atoms with Crippen LogP contribution >= 0.6 is 0 Å². The van der Waals surface area contributed by atoms with Gasteiger partial charge in [0.25, 0.3) is 5.91 Å². The van der Waals surface area contributed by atoms with Crippen molar-refractivity contribution in [1.29, 1.82) is 0 Å². The molecule has 2 heterocycles. The Morgan fingerprint density at radius 2 is 2.21 bits per heavy atom. The predicted octanol–water partition coefficient (Wildman–Crippen LogP) is 2.64. The molecule has 2 N–H and O–H groups in total. The van der Waals surface area contributed by atoms with Gasteiger partial charge in [0.15, 0.2) is 0 Å². The van der Waals surface area contributed by atoms with Gasteiger partial charge in [-0.2, -0.15) is 5.10 Å². The number of nitrogens with zero attached hydrogens (tertiary/aromatic N) is 3. The van der Waals surface area contributed by atoms with Crippen molar-refractivity contribution in [2.24, 2.45) is 5.92 Å². The average Bonchev–Trinajstić information content (AvgIpc) is 2.97. The maximum Gasteiger partial charge on any atom is 0.292 e. The number of hydrogen-bond donors (Lipinski definition) is 2. The second-order valence-electron chi connectivity index (χ2n) is 7.00. The molecule has 1 aliphatic carbocycles. The molecule has 1 aromatic carbocycles. The third-order valence-electron chi connectivity index (χ3n) is 5.31. The summed E-state index contributed by atoms with van der Waals surface area (Å²) in [7, 11) is 0. The number of benzene rings is 1. The van der Waals surface area contributed by atoms with E-state index >= 15 is 0 Å². The Kier molecular flexibility index (Phi) is 4.06. The number of H-pyrrole nitrogens is 1. The Morgan fingerprint density at radius 3 is 2.88 bits per heavy atom. The number of aromatic nitrogens is 3. The standard InChI is InChI=1S/C18H23N5O/c1-12-3-2-8-23(12)10-14-9-16(14)13-4-6-15(7-5-13)21-18(24)17-19-11-20-22-17/h4-7,11-12,14,16H,2-3,8-10H2,1H3,(H,21,24)(H,19,20,22)/t12-,14?,16+/m0/s1. The van der Waals surface area contributed by atoms with Crippen LogP contribution in [0.4, 0.5) is 5.69 Å². The molecular weight excluding hydrogens is 302 g/mol. The van der Waals surface area contributed by atoms with E-state index in [0.29, 0.717) is 5.92 Å². The van der Waals surface area contributed by atoms with Crippen molar-refractivity contribution in [2.45, 2.75) is 38.1 Å². The van der Waals surface area contributed by atoms with Gasteiger partial charge in [-0.25, -0.2) is 4.98 Å². The minimum Gasteiger partial charge on any atom is -0.319 e. The Labute approximate surface area is 141 Å². The van der Waals surface area contributed by atoms with Crippen molar-refractivity contribution in [2.75, 3.05) is 18.4 Å². The summed E-state index contributed by atoms with van der Waals surface area (Å²) in [5.41, 5.74) is 2.16. The molecule has 2 aromatic rings. The zero-order valence-corrected chi connectivity index (χ0v) is 13.9. The van der Waals surface area contributed by atoms with Gasteiger partial charge >= 0.3 is 0 Å². The fourth-order valence-corrected chi connectivity index (χ4v) is 3.74. The van der Waals surface area contributed by atoms with E-state index in [-0.39, 0.29) is 11.7 Å². The first kappa shape index (κ1) is 15.3. The molecule has 6 nitrogen and oxygen atoms in total. The van der Waals surface area contributed by atoms with E-state index in [0.717, 1.165) is 17.6 Å². The van der Waals surface area contributed by atoms with E-state index in [2.05, 4.69) is 44.5 Å². The highest BCUT2D eigenvalue weighted by Crippen LogP contribution is 2.48. The number of carbonyl (C=O) groups is 1. The second kappa shape index (κ2) is 6.36. The number of rotatable bonds is 5. The summed E-state index contributed by atoms with van der Waals surface area (Å²) in [5, 5.41) is 9.07. The van der Waals surface area contributed by atoms with Crippen LogP contribution in [0.2, 0.25) is 0 Å². The van der Waals surface area contributed by atoms with Crippen LogP contribution in [0.5, 0.6) is 0 Å². The molecule has 2 fully saturated rings. The average molecular weight is 325 g/mol. The van der Waals surface area contributed by atoms with Crippen LogP contribution in [0.15, 0.2) is 30.6 Å². The van der Waals surface area contributed by atoms with Crippen molar-refractivity contribution >= 4 is 11.6 Å². The van der Waals surface area contributed by atoms with Crippen LogP contribution in [0.1, 0.15) is 48.3 Å². The van der Waals surface area contributed by atoms with Crippen LogP contribution < -0.4 is 5.32 Å². The fourth-order valence-electron chi connectivity index (χ4n) is 3.74. The summed E-state index contributed by atoms with van der Waals surface area (Å²) in [4.78, 5) is 18.4. The third kappa shape index (κ3) is 3.19. The van der Waals surface area contributed by atoms with Gasteiger partial charge in [-0.1, -0.05) is 12.1 Å². The third-order valence-corrected chi connectivity index (χ3v) is 5.31. The molecule has 126 valence electrons. The molecule has 24 heavy (non-hydrogen) atoms. The van der Waals surface area contributed by atoms with Crippen LogP contribution in [-0.4, -0.2) is 45.1 Å². The molecule has 1 aliphatic heterocycles. The summed E-state index contributed by atoms with van der Waals surface area (Å²) in [6, 6.07) is 8.96. The highest BCUT2D eigenvalue weighted by Gasteiger charge is 2.40. The van der Waals surface area contributed by atoms with Crippen molar-refractivity contribution < 1.29 is 4.79 Å². The van der Waals surface area contributed by atoms with Crippen LogP contribution in [0.3, 0.4) is 0 Å². The lowest BCUT2D eigenvalue weighted by Gasteiger charge is -2.20. The van der Waals surface area contributed by atoms with Crippen molar-refractivity contribution in [3.63, 3.8) is 0 Å². The zero-order valence-electron chi connectivity index (χ0n) is 13.9. The number of carbonyl (C=O) groups excluding carboxylic acids is 1. The smallest absolute Gasteiger partial charge is 0.292 e. The Balaban J connectivity index is 1.32. The summed E-state index contributed by atoms with van der Waals surface area (Å²) in [6.07, 6.45) is 5.30. The quantitative estimate of drug-likeness (QED) is 0.886.